The number of ether oxygens (including phenoxy) is 1. The first-order valence-electron chi connectivity index (χ1n) is 7.66. The fourth-order valence-corrected chi connectivity index (χ4v) is 2.88. The summed E-state index contributed by atoms with van der Waals surface area (Å²) < 4.78 is 18.7. The van der Waals surface area contributed by atoms with Crippen LogP contribution < -0.4 is 10.5 Å². The number of nitrogens with two attached hydrogens (primary N) is 1. The molecular weight excluding hydrogens is 317 g/mol. The van der Waals surface area contributed by atoms with Crippen molar-refractivity contribution in [2.45, 2.75) is 6.92 Å². The Balaban J connectivity index is 2.34. The maximum absolute atomic E-state index is 13.2. The quantitative estimate of drug-likeness (QED) is 0.774. The molecule has 0 aliphatic rings. The Kier molecular flexibility index (Phi) is 4.36. The molecule has 2 aromatic carbocycles. The first-order chi connectivity index (χ1) is 12.1. The van der Waals surface area contributed by atoms with Crippen molar-refractivity contribution in [3.05, 3.63) is 65.5 Å². The van der Waals surface area contributed by atoms with Crippen LogP contribution in [0, 0.1) is 24.1 Å². The first kappa shape index (κ1) is 16.5. The van der Waals surface area contributed by atoms with E-state index in [1.165, 1.54) is 12.1 Å². The number of hydrogen-bond acceptors (Lipinski definition) is 4. The molecular formula is C20H16FN3O. The zero-order valence-electron chi connectivity index (χ0n) is 13.9. The first-order valence-corrected chi connectivity index (χ1v) is 7.66. The van der Waals surface area contributed by atoms with Crippen LogP contribution in [0.5, 0.6) is 5.75 Å². The molecule has 2 N–H and O–H groups in total. The predicted octanol–water partition coefficient (Wildman–Crippen LogP) is 4.33. The van der Waals surface area contributed by atoms with Crippen molar-refractivity contribution in [1.82, 2.24) is 4.98 Å². The van der Waals surface area contributed by atoms with Crippen molar-refractivity contribution < 1.29 is 9.13 Å². The Hall–Kier alpha value is -3.39. The van der Waals surface area contributed by atoms with Gasteiger partial charge >= 0.3 is 0 Å². The minimum atomic E-state index is -0.326. The van der Waals surface area contributed by atoms with Crippen LogP contribution in [0.25, 0.3) is 22.4 Å². The van der Waals surface area contributed by atoms with E-state index >= 15 is 0 Å². The molecule has 0 saturated heterocycles. The highest BCUT2D eigenvalue weighted by molar-refractivity contribution is 5.86. The van der Waals surface area contributed by atoms with Crippen LogP contribution in [0.15, 0.2) is 48.5 Å². The molecule has 0 aliphatic heterocycles. The molecule has 0 amide bonds. The van der Waals surface area contributed by atoms with Crippen LogP contribution in [0.4, 0.5) is 10.2 Å². The Bertz CT molecular complexity index is 975. The molecule has 0 spiro atoms. The number of hydrogen-bond donors (Lipinski definition) is 1. The maximum Gasteiger partial charge on any atom is 0.142 e. The van der Waals surface area contributed by atoms with Gasteiger partial charge < -0.3 is 10.5 Å². The summed E-state index contributed by atoms with van der Waals surface area (Å²) in [7, 11) is 1.58. The highest BCUT2D eigenvalue weighted by Crippen LogP contribution is 2.39. The smallest absolute Gasteiger partial charge is 0.142 e. The van der Waals surface area contributed by atoms with E-state index in [0.717, 1.165) is 16.7 Å². The summed E-state index contributed by atoms with van der Waals surface area (Å²) in [5, 5.41) is 9.59. The molecule has 0 unspecified atom stereocenters. The predicted molar refractivity (Wildman–Crippen MR) is 95.5 cm³/mol. The van der Waals surface area contributed by atoms with Gasteiger partial charge in [-0.05, 0) is 42.8 Å². The monoisotopic (exact) mass is 333 g/mol. The highest BCUT2D eigenvalue weighted by atomic mass is 19.1. The normalized spacial score (nSPS) is 10.3. The third-order valence-corrected chi connectivity index (χ3v) is 4.07. The molecule has 0 aliphatic carbocycles. The fourth-order valence-electron chi connectivity index (χ4n) is 2.88. The number of pyridine rings is 1. The molecule has 0 atom stereocenters. The maximum atomic E-state index is 13.2. The highest BCUT2D eigenvalue weighted by Gasteiger charge is 2.20. The minimum Gasteiger partial charge on any atom is -0.496 e. The van der Waals surface area contributed by atoms with E-state index in [0.29, 0.717) is 22.6 Å². The van der Waals surface area contributed by atoms with Crippen LogP contribution in [0.3, 0.4) is 0 Å². The molecule has 124 valence electrons. The molecule has 1 aromatic heterocycles. The summed E-state index contributed by atoms with van der Waals surface area (Å²) in [4.78, 5) is 4.38. The zero-order valence-corrected chi connectivity index (χ0v) is 13.9. The summed E-state index contributed by atoms with van der Waals surface area (Å²) in [6.07, 6.45) is 0. The van der Waals surface area contributed by atoms with Crippen molar-refractivity contribution in [1.29, 1.82) is 5.26 Å². The Morgan fingerprint density at radius 2 is 1.80 bits per heavy atom. The van der Waals surface area contributed by atoms with Gasteiger partial charge in [0, 0.05) is 16.7 Å². The van der Waals surface area contributed by atoms with E-state index in [2.05, 4.69) is 11.1 Å². The molecule has 5 heteroatoms. The largest absolute Gasteiger partial charge is 0.496 e. The lowest BCUT2D eigenvalue weighted by atomic mass is 9.92. The van der Waals surface area contributed by atoms with Gasteiger partial charge in [-0.1, -0.05) is 18.2 Å². The molecule has 1 heterocycles. The van der Waals surface area contributed by atoms with Crippen molar-refractivity contribution in [3.63, 3.8) is 0 Å². The van der Waals surface area contributed by atoms with Crippen molar-refractivity contribution >= 4 is 5.82 Å². The van der Waals surface area contributed by atoms with Crippen molar-refractivity contribution in [3.8, 4) is 34.2 Å². The van der Waals surface area contributed by atoms with Crippen molar-refractivity contribution in [2.75, 3.05) is 12.8 Å². The van der Waals surface area contributed by atoms with Crippen LogP contribution in [0.2, 0.25) is 0 Å². The molecule has 0 fully saturated rings. The van der Waals surface area contributed by atoms with Gasteiger partial charge in [0.1, 0.15) is 29.0 Å². The second-order valence-electron chi connectivity index (χ2n) is 5.54. The summed E-state index contributed by atoms with van der Waals surface area (Å²) in [6, 6.07) is 15.6. The molecule has 0 radical (unpaired) electrons. The van der Waals surface area contributed by atoms with E-state index in [9.17, 15) is 9.65 Å². The summed E-state index contributed by atoms with van der Waals surface area (Å²) >= 11 is 0. The van der Waals surface area contributed by atoms with E-state index in [1.54, 1.807) is 19.2 Å². The van der Waals surface area contributed by atoms with Gasteiger partial charge in [0.25, 0.3) is 0 Å². The lowest BCUT2D eigenvalue weighted by Gasteiger charge is -2.17. The average Bonchev–Trinajstić information content (AvgIpc) is 2.63. The third kappa shape index (κ3) is 2.90. The number of methoxy groups -OCH3 is 1. The van der Waals surface area contributed by atoms with Gasteiger partial charge in [-0.15, -0.1) is 0 Å². The van der Waals surface area contributed by atoms with E-state index in [1.807, 2.05) is 31.2 Å². The van der Waals surface area contributed by atoms with Crippen LogP contribution in [0.1, 0.15) is 11.1 Å². The fraction of sp³-hybridized carbons (Fsp3) is 0.100. The lowest BCUT2D eigenvalue weighted by Crippen LogP contribution is -2.04. The van der Waals surface area contributed by atoms with Crippen LogP contribution in [-0.4, -0.2) is 12.1 Å². The van der Waals surface area contributed by atoms with Gasteiger partial charge in [0.15, 0.2) is 0 Å². The molecule has 0 saturated carbocycles. The number of rotatable bonds is 3. The average molecular weight is 333 g/mol. The number of nitriles is 1. The van der Waals surface area contributed by atoms with Gasteiger partial charge in [-0.3, -0.25) is 0 Å². The number of nitrogen functional groups attached to an aromatic ring is 1. The zero-order chi connectivity index (χ0) is 18.0. The number of aromatic nitrogens is 1. The summed E-state index contributed by atoms with van der Waals surface area (Å²) in [5.74, 6) is 0.444. The molecule has 3 rings (SSSR count). The number of para-hydroxylation sites is 1. The summed E-state index contributed by atoms with van der Waals surface area (Å²) in [6.45, 7) is 1.87. The van der Waals surface area contributed by atoms with Crippen LogP contribution >= 0.6 is 0 Å². The Labute approximate surface area is 145 Å². The molecule has 3 aromatic rings. The molecule has 25 heavy (non-hydrogen) atoms. The topological polar surface area (TPSA) is 71.9 Å². The molecule has 4 nitrogen and oxygen atoms in total. The second kappa shape index (κ2) is 6.62. The number of anilines is 1. The number of halogens is 1. The van der Waals surface area contributed by atoms with Gasteiger partial charge in [-0.2, -0.15) is 5.26 Å². The lowest BCUT2D eigenvalue weighted by molar-refractivity contribution is 0.416. The standard InChI is InChI=1S/C20H16FN3O/c1-12-18(15-5-3-4-6-17(15)25-2)16(11-22)20(23)24-19(12)13-7-9-14(21)10-8-13/h3-10H,1-2H3,(H2,23,24). The van der Waals surface area contributed by atoms with E-state index in [4.69, 9.17) is 10.5 Å². The van der Waals surface area contributed by atoms with Gasteiger partial charge in [0.05, 0.1) is 12.8 Å². The van der Waals surface area contributed by atoms with Crippen molar-refractivity contribution in [2.24, 2.45) is 0 Å². The Morgan fingerprint density at radius 1 is 1.12 bits per heavy atom. The van der Waals surface area contributed by atoms with E-state index < -0.39 is 0 Å². The molecule has 0 bridgehead atoms. The van der Waals surface area contributed by atoms with E-state index in [-0.39, 0.29) is 11.6 Å². The van der Waals surface area contributed by atoms with Gasteiger partial charge in [-0.25, -0.2) is 9.37 Å². The number of nitrogens with zero attached hydrogens (tertiary/aromatic N) is 2. The third-order valence-electron chi connectivity index (χ3n) is 4.07. The SMILES string of the molecule is COc1ccccc1-c1c(C)c(-c2ccc(F)cc2)nc(N)c1C#N. The summed E-state index contributed by atoms with van der Waals surface area (Å²) in [5.41, 5.74) is 9.90. The minimum absolute atomic E-state index is 0.133. The van der Waals surface area contributed by atoms with Gasteiger partial charge in [0.2, 0.25) is 0 Å². The second-order valence-corrected chi connectivity index (χ2v) is 5.54. The van der Waals surface area contributed by atoms with Crippen LogP contribution in [-0.2, 0) is 0 Å². The number of benzene rings is 2. The Morgan fingerprint density at radius 3 is 2.44 bits per heavy atom.